The van der Waals surface area contributed by atoms with Crippen molar-refractivity contribution in [3.05, 3.63) is 23.8 Å². The number of fused-ring (bicyclic) bond motifs is 1. The SMILES string of the molecule is CCC(CC)C(=O)N1c2ccc(N)cc2CC1C. The van der Waals surface area contributed by atoms with Gasteiger partial charge in [-0.25, -0.2) is 0 Å². The van der Waals surface area contributed by atoms with Crippen molar-refractivity contribution in [2.45, 2.75) is 46.1 Å². The molecule has 1 aliphatic rings. The first-order valence-electron chi connectivity index (χ1n) is 6.79. The molecule has 1 amide bonds. The molecule has 0 spiro atoms. The third kappa shape index (κ3) is 2.09. The highest BCUT2D eigenvalue weighted by Gasteiger charge is 2.33. The molecule has 0 saturated heterocycles. The van der Waals surface area contributed by atoms with Crippen LogP contribution in [0.25, 0.3) is 0 Å². The highest BCUT2D eigenvalue weighted by atomic mass is 16.2. The molecule has 1 atom stereocenters. The van der Waals surface area contributed by atoms with E-state index in [-0.39, 0.29) is 17.9 Å². The first-order chi connectivity index (χ1) is 8.58. The normalized spacial score (nSPS) is 18.2. The Morgan fingerprint density at radius 1 is 1.44 bits per heavy atom. The zero-order valence-electron chi connectivity index (χ0n) is 11.4. The minimum absolute atomic E-state index is 0.135. The first-order valence-corrected chi connectivity index (χ1v) is 6.79. The van der Waals surface area contributed by atoms with Crippen molar-refractivity contribution in [3.8, 4) is 0 Å². The van der Waals surface area contributed by atoms with Gasteiger partial charge in [0.25, 0.3) is 0 Å². The van der Waals surface area contributed by atoms with Crippen molar-refractivity contribution in [3.63, 3.8) is 0 Å². The molecule has 1 heterocycles. The van der Waals surface area contributed by atoms with E-state index in [0.29, 0.717) is 0 Å². The average Bonchev–Trinajstić information content (AvgIpc) is 2.65. The maximum absolute atomic E-state index is 12.6. The molecular weight excluding hydrogens is 224 g/mol. The van der Waals surface area contributed by atoms with Gasteiger partial charge < -0.3 is 10.6 Å². The molecule has 0 aliphatic carbocycles. The summed E-state index contributed by atoms with van der Waals surface area (Å²) in [6.45, 7) is 6.27. The summed E-state index contributed by atoms with van der Waals surface area (Å²) in [4.78, 5) is 14.5. The van der Waals surface area contributed by atoms with Gasteiger partial charge in [-0.15, -0.1) is 0 Å². The molecule has 0 saturated carbocycles. The second kappa shape index (κ2) is 5.01. The number of anilines is 2. The molecule has 0 radical (unpaired) electrons. The number of rotatable bonds is 3. The zero-order chi connectivity index (χ0) is 13.3. The topological polar surface area (TPSA) is 46.3 Å². The summed E-state index contributed by atoms with van der Waals surface area (Å²) in [5.41, 5.74) is 8.83. The van der Waals surface area contributed by atoms with E-state index in [1.54, 1.807) is 0 Å². The predicted molar refractivity (Wildman–Crippen MR) is 75.6 cm³/mol. The summed E-state index contributed by atoms with van der Waals surface area (Å²) in [7, 11) is 0. The predicted octanol–water partition coefficient (Wildman–Crippen LogP) is 2.98. The number of amides is 1. The molecule has 18 heavy (non-hydrogen) atoms. The van der Waals surface area contributed by atoms with Crippen LogP contribution >= 0.6 is 0 Å². The van der Waals surface area contributed by atoms with Gasteiger partial charge in [-0.1, -0.05) is 13.8 Å². The van der Waals surface area contributed by atoms with Crippen molar-refractivity contribution < 1.29 is 4.79 Å². The summed E-state index contributed by atoms with van der Waals surface area (Å²) in [5, 5.41) is 0. The fourth-order valence-electron chi connectivity index (χ4n) is 2.82. The maximum atomic E-state index is 12.6. The van der Waals surface area contributed by atoms with Gasteiger partial charge in [-0.2, -0.15) is 0 Å². The first kappa shape index (κ1) is 12.9. The largest absolute Gasteiger partial charge is 0.399 e. The van der Waals surface area contributed by atoms with Crippen LogP contribution < -0.4 is 10.6 Å². The minimum Gasteiger partial charge on any atom is -0.399 e. The standard InChI is InChI=1S/C15H22N2O/c1-4-11(5-2)15(18)17-10(3)8-12-9-13(16)6-7-14(12)17/h6-7,9-11H,4-5,8,16H2,1-3H3. The molecule has 2 N–H and O–H groups in total. The van der Waals surface area contributed by atoms with E-state index in [1.165, 1.54) is 5.56 Å². The van der Waals surface area contributed by atoms with E-state index in [0.717, 1.165) is 30.6 Å². The fraction of sp³-hybridized carbons (Fsp3) is 0.533. The van der Waals surface area contributed by atoms with Crippen LogP contribution in [-0.4, -0.2) is 11.9 Å². The van der Waals surface area contributed by atoms with E-state index in [4.69, 9.17) is 5.73 Å². The van der Waals surface area contributed by atoms with Crippen LogP contribution in [0.3, 0.4) is 0 Å². The number of carbonyl (C=O) groups excluding carboxylic acids is 1. The molecule has 0 fully saturated rings. The second-order valence-corrected chi connectivity index (χ2v) is 5.16. The van der Waals surface area contributed by atoms with Gasteiger partial charge in [0.1, 0.15) is 0 Å². The molecule has 1 aromatic carbocycles. The molecule has 1 aliphatic heterocycles. The molecule has 0 bridgehead atoms. The van der Waals surface area contributed by atoms with Gasteiger partial charge >= 0.3 is 0 Å². The number of carbonyl (C=O) groups is 1. The zero-order valence-corrected chi connectivity index (χ0v) is 11.4. The van der Waals surface area contributed by atoms with Gasteiger partial charge in [0.2, 0.25) is 5.91 Å². The monoisotopic (exact) mass is 246 g/mol. The number of benzene rings is 1. The van der Waals surface area contributed by atoms with Crippen LogP contribution in [0.1, 0.15) is 39.2 Å². The summed E-state index contributed by atoms with van der Waals surface area (Å²) >= 11 is 0. The van der Waals surface area contributed by atoms with Crippen molar-refractivity contribution in [2.75, 3.05) is 10.6 Å². The summed E-state index contributed by atoms with van der Waals surface area (Å²) < 4.78 is 0. The lowest BCUT2D eigenvalue weighted by Gasteiger charge is -2.26. The fourth-order valence-corrected chi connectivity index (χ4v) is 2.82. The summed E-state index contributed by atoms with van der Waals surface area (Å²) in [5.74, 6) is 0.395. The Balaban J connectivity index is 2.33. The summed E-state index contributed by atoms with van der Waals surface area (Å²) in [6.07, 6.45) is 2.72. The Morgan fingerprint density at radius 2 is 2.11 bits per heavy atom. The third-order valence-corrected chi connectivity index (χ3v) is 3.89. The lowest BCUT2D eigenvalue weighted by molar-refractivity contribution is -0.122. The van der Waals surface area contributed by atoms with Crippen LogP contribution in [-0.2, 0) is 11.2 Å². The molecule has 1 unspecified atom stereocenters. The molecule has 0 aromatic heterocycles. The van der Waals surface area contributed by atoms with Gasteiger partial charge in [-0.05, 0) is 49.9 Å². The van der Waals surface area contributed by atoms with Crippen molar-refractivity contribution in [1.29, 1.82) is 0 Å². The second-order valence-electron chi connectivity index (χ2n) is 5.16. The number of nitrogen functional groups attached to an aromatic ring is 1. The Morgan fingerprint density at radius 3 is 2.72 bits per heavy atom. The van der Waals surface area contributed by atoms with Crippen molar-refractivity contribution in [2.24, 2.45) is 5.92 Å². The third-order valence-electron chi connectivity index (χ3n) is 3.89. The number of nitrogens with zero attached hydrogens (tertiary/aromatic N) is 1. The van der Waals surface area contributed by atoms with Crippen LogP contribution in [0, 0.1) is 5.92 Å². The lowest BCUT2D eigenvalue weighted by atomic mass is 10.0. The average molecular weight is 246 g/mol. The Kier molecular flexibility index (Phi) is 3.60. The summed E-state index contributed by atoms with van der Waals surface area (Å²) in [6, 6.07) is 6.10. The van der Waals surface area contributed by atoms with Crippen molar-refractivity contribution in [1.82, 2.24) is 0 Å². The molecular formula is C15H22N2O. The Bertz CT molecular complexity index is 452. The molecule has 1 aromatic rings. The van der Waals surface area contributed by atoms with Gasteiger partial charge in [0.05, 0.1) is 0 Å². The van der Waals surface area contributed by atoms with Crippen LogP contribution in [0.4, 0.5) is 11.4 Å². The van der Waals surface area contributed by atoms with Gasteiger partial charge in [0, 0.05) is 23.3 Å². The number of nitrogens with two attached hydrogens (primary N) is 1. The van der Waals surface area contributed by atoms with Crippen molar-refractivity contribution >= 4 is 17.3 Å². The van der Waals surface area contributed by atoms with Crippen LogP contribution in [0.15, 0.2) is 18.2 Å². The Labute approximate surface area is 109 Å². The van der Waals surface area contributed by atoms with E-state index in [9.17, 15) is 4.79 Å². The van der Waals surface area contributed by atoms with E-state index in [2.05, 4.69) is 20.8 Å². The van der Waals surface area contributed by atoms with E-state index in [1.807, 2.05) is 23.1 Å². The lowest BCUT2D eigenvalue weighted by Crippen LogP contribution is -2.39. The number of hydrogen-bond donors (Lipinski definition) is 1. The smallest absolute Gasteiger partial charge is 0.230 e. The minimum atomic E-state index is 0.135. The maximum Gasteiger partial charge on any atom is 0.230 e. The van der Waals surface area contributed by atoms with Crippen LogP contribution in [0.2, 0.25) is 0 Å². The van der Waals surface area contributed by atoms with Gasteiger partial charge in [0.15, 0.2) is 0 Å². The number of hydrogen-bond acceptors (Lipinski definition) is 2. The quantitative estimate of drug-likeness (QED) is 0.833. The Hall–Kier alpha value is -1.51. The van der Waals surface area contributed by atoms with E-state index < -0.39 is 0 Å². The molecule has 3 nitrogen and oxygen atoms in total. The van der Waals surface area contributed by atoms with Gasteiger partial charge in [-0.3, -0.25) is 4.79 Å². The highest BCUT2D eigenvalue weighted by Crippen LogP contribution is 2.35. The highest BCUT2D eigenvalue weighted by molar-refractivity contribution is 5.97. The molecule has 3 heteroatoms. The van der Waals surface area contributed by atoms with E-state index >= 15 is 0 Å². The molecule has 2 rings (SSSR count). The molecule has 98 valence electrons. The van der Waals surface area contributed by atoms with Crippen LogP contribution in [0.5, 0.6) is 0 Å².